The van der Waals surface area contributed by atoms with Gasteiger partial charge in [-0.05, 0) is 141 Å². The van der Waals surface area contributed by atoms with Gasteiger partial charge in [-0.1, -0.05) is 48.9 Å². The Balaban J connectivity index is 1.29. The van der Waals surface area contributed by atoms with E-state index >= 15 is 0 Å². The molecule has 1 fully saturated rings. The molecule has 1 N–H and O–H groups in total. The van der Waals surface area contributed by atoms with Crippen LogP contribution in [0, 0.1) is 24.2 Å². The van der Waals surface area contributed by atoms with Gasteiger partial charge in [0, 0.05) is 12.5 Å². The SMILES string of the molecule is CC(=O)Oc1ccc(C)cc1/C(=C\C(C)(C)O)C1=CC[C@H]2[C@@H]3CCc4cc(OC(=O)c5ccccc5)ccc4[C@H]3CC[C@]12C. The third-order valence-electron chi connectivity index (χ3n) is 9.97. The Morgan fingerprint density at radius 3 is 2.50 bits per heavy atom. The summed E-state index contributed by atoms with van der Waals surface area (Å²) < 4.78 is 11.4. The third-order valence-corrected chi connectivity index (χ3v) is 9.97. The maximum absolute atomic E-state index is 12.7. The van der Waals surface area contributed by atoms with Crippen molar-refractivity contribution in [1.82, 2.24) is 0 Å². The second-order valence-corrected chi connectivity index (χ2v) is 13.6. The molecule has 0 bridgehead atoms. The first kappa shape index (κ1) is 30.1. The number of fused-ring (bicyclic) bond motifs is 5. The molecular weight excluding hydrogens is 548 g/mol. The number of aryl methyl sites for hydroxylation is 2. The molecule has 3 aromatic rings. The molecule has 4 atom stereocenters. The summed E-state index contributed by atoms with van der Waals surface area (Å²) in [6, 6.07) is 21.2. The minimum absolute atomic E-state index is 0.0713. The smallest absolute Gasteiger partial charge is 0.343 e. The van der Waals surface area contributed by atoms with Crippen molar-refractivity contribution < 1.29 is 24.2 Å². The van der Waals surface area contributed by atoms with Crippen molar-refractivity contribution in [2.24, 2.45) is 17.3 Å². The van der Waals surface area contributed by atoms with Crippen LogP contribution in [-0.4, -0.2) is 22.6 Å². The van der Waals surface area contributed by atoms with Gasteiger partial charge in [-0.2, -0.15) is 0 Å². The summed E-state index contributed by atoms with van der Waals surface area (Å²) in [5, 5.41) is 11.0. The third kappa shape index (κ3) is 5.78. The molecule has 6 rings (SSSR count). The molecule has 3 aliphatic rings. The Morgan fingerprint density at radius 1 is 1.00 bits per heavy atom. The van der Waals surface area contributed by atoms with Crippen LogP contribution in [0.1, 0.15) is 91.9 Å². The number of carbonyl (C=O) groups excluding carboxylic acids is 2. The second-order valence-electron chi connectivity index (χ2n) is 13.6. The first-order chi connectivity index (χ1) is 20.9. The molecule has 0 radical (unpaired) electrons. The van der Waals surface area contributed by atoms with Gasteiger partial charge in [0.15, 0.2) is 0 Å². The van der Waals surface area contributed by atoms with Crippen molar-refractivity contribution in [3.05, 3.63) is 112 Å². The standard InChI is InChI=1S/C39H42O5/c1-24-11-18-36(43-25(2)40)32(21-24)33(23-38(3,4)42)35-17-16-34-31-14-12-27-22-28(44-37(41)26-9-7-6-8-10-26)13-15-29(27)30(31)19-20-39(34,35)5/h6-11,13,15,17-18,21-23,30-31,34,42H,12,14,16,19-20H2,1-5H3/b33-23+/t30-,31-,34+,39+/m1/s1. The predicted octanol–water partition coefficient (Wildman–Crippen LogP) is 8.39. The number of rotatable bonds is 6. The number of benzene rings is 3. The highest BCUT2D eigenvalue weighted by Crippen LogP contribution is 2.63. The number of carbonyl (C=O) groups is 2. The highest BCUT2D eigenvalue weighted by atomic mass is 16.5. The molecule has 0 aliphatic heterocycles. The molecule has 0 aromatic heterocycles. The van der Waals surface area contributed by atoms with Gasteiger partial charge in [-0.3, -0.25) is 4.79 Å². The summed E-state index contributed by atoms with van der Waals surface area (Å²) in [5.41, 5.74) is 6.22. The van der Waals surface area contributed by atoms with Gasteiger partial charge >= 0.3 is 11.9 Å². The summed E-state index contributed by atoms with van der Waals surface area (Å²) in [6.07, 6.45) is 9.42. The Labute approximate surface area is 260 Å². The van der Waals surface area contributed by atoms with Crippen molar-refractivity contribution in [3.63, 3.8) is 0 Å². The fraction of sp³-hybridized carbons (Fsp3) is 0.385. The molecule has 0 unspecified atom stereocenters. The number of hydrogen-bond acceptors (Lipinski definition) is 5. The number of allylic oxidation sites excluding steroid dienone is 3. The molecule has 0 spiro atoms. The molecule has 1 saturated carbocycles. The Bertz CT molecular complexity index is 1660. The minimum atomic E-state index is -1.05. The van der Waals surface area contributed by atoms with Crippen molar-refractivity contribution in [2.75, 3.05) is 0 Å². The van der Waals surface area contributed by atoms with Crippen LogP contribution in [0.15, 0.2) is 84.5 Å². The topological polar surface area (TPSA) is 72.8 Å². The Morgan fingerprint density at radius 2 is 1.77 bits per heavy atom. The lowest BCUT2D eigenvalue weighted by atomic mass is 9.53. The van der Waals surface area contributed by atoms with Crippen LogP contribution in [-0.2, 0) is 11.2 Å². The first-order valence-electron chi connectivity index (χ1n) is 15.8. The number of esters is 2. The molecule has 228 valence electrons. The van der Waals surface area contributed by atoms with E-state index in [1.807, 2.05) is 49.4 Å². The summed E-state index contributed by atoms with van der Waals surface area (Å²) >= 11 is 0. The fourth-order valence-corrected chi connectivity index (χ4v) is 8.10. The van der Waals surface area contributed by atoms with E-state index in [9.17, 15) is 14.7 Å². The van der Waals surface area contributed by atoms with E-state index in [2.05, 4.69) is 31.2 Å². The lowest BCUT2D eigenvalue weighted by Crippen LogP contribution is -2.41. The number of aliphatic hydroxyl groups is 1. The average Bonchev–Trinajstić information content (AvgIpc) is 3.33. The fourth-order valence-electron chi connectivity index (χ4n) is 8.10. The van der Waals surface area contributed by atoms with Gasteiger partial charge in [-0.25, -0.2) is 4.79 Å². The molecule has 0 amide bonds. The molecule has 3 aliphatic carbocycles. The highest BCUT2D eigenvalue weighted by Gasteiger charge is 2.52. The number of hydrogen-bond donors (Lipinski definition) is 1. The van der Waals surface area contributed by atoms with Crippen LogP contribution < -0.4 is 9.47 Å². The lowest BCUT2D eigenvalue weighted by Gasteiger charge is -2.50. The zero-order valence-corrected chi connectivity index (χ0v) is 26.4. The van der Waals surface area contributed by atoms with E-state index < -0.39 is 5.60 Å². The van der Waals surface area contributed by atoms with E-state index in [1.54, 1.807) is 26.0 Å². The van der Waals surface area contributed by atoms with Crippen LogP contribution in [0.25, 0.3) is 5.57 Å². The van der Waals surface area contributed by atoms with Gasteiger partial charge < -0.3 is 14.6 Å². The first-order valence-corrected chi connectivity index (χ1v) is 15.8. The molecule has 44 heavy (non-hydrogen) atoms. The maximum atomic E-state index is 12.7. The second kappa shape index (κ2) is 11.5. The molecular formula is C39H42O5. The maximum Gasteiger partial charge on any atom is 0.343 e. The van der Waals surface area contributed by atoms with Gasteiger partial charge in [-0.15, -0.1) is 0 Å². The van der Waals surface area contributed by atoms with Crippen LogP contribution >= 0.6 is 0 Å². The van der Waals surface area contributed by atoms with E-state index in [0.29, 0.717) is 34.8 Å². The van der Waals surface area contributed by atoms with E-state index in [1.165, 1.54) is 23.6 Å². The summed E-state index contributed by atoms with van der Waals surface area (Å²) in [5.74, 6) is 1.88. The van der Waals surface area contributed by atoms with Crippen LogP contribution in [0.5, 0.6) is 11.5 Å². The molecule has 0 saturated heterocycles. The van der Waals surface area contributed by atoms with Gasteiger partial charge in [0.25, 0.3) is 0 Å². The van der Waals surface area contributed by atoms with Crippen molar-refractivity contribution >= 4 is 17.5 Å². The van der Waals surface area contributed by atoms with E-state index in [0.717, 1.165) is 48.8 Å². The Hall–Kier alpha value is -3.96. The van der Waals surface area contributed by atoms with Crippen molar-refractivity contribution in [3.8, 4) is 11.5 Å². The van der Waals surface area contributed by atoms with Crippen LogP contribution in [0.3, 0.4) is 0 Å². The van der Waals surface area contributed by atoms with Crippen molar-refractivity contribution in [2.45, 2.75) is 78.2 Å². The monoisotopic (exact) mass is 590 g/mol. The highest BCUT2D eigenvalue weighted by molar-refractivity contribution is 5.91. The molecule has 3 aromatic carbocycles. The largest absolute Gasteiger partial charge is 0.426 e. The van der Waals surface area contributed by atoms with Gasteiger partial charge in [0.1, 0.15) is 11.5 Å². The quantitative estimate of drug-likeness (QED) is 0.231. The van der Waals surface area contributed by atoms with Crippen LogP contribution in [0.4, 0.5) is 0 Å². The van der Waals surface area contributed by atoms with E-state index in [4.69, 9.17) is 9.47 Å². The molecule has 0 heterocycles. The average molecular weight is 591 g/mol. The summed E-state index contributed by atoms with van der Waals surface area (Å²) in [4.78, 5) is 24.7. The minimum Gasteiger partial charge on any atom is -0.426 e. The zero-order valence-electron chi connectivity index (χ0n) is 26.4. The number of ether oxygens (including phenoxy) is 2. The zero-order chi connectivity index (χ0) is 31.2. The molecule has 5 nitrogen and oxygen atoms in total. The predicted molar refractivity (Wildman–Crippen MR) is 173 cm³/mol. The molecule has 5 heteroatoms. The normalized spacial score (nSPS) is 24.5. The van der Waals surface area contributed by atoms with Crippen molar-refractivity contribution in [1.29, 1.82) is 0 Å². The summed E-state index contributed by atoms with van der Waals surface area (Å²) in [6.45, 7) is 9.45. The summed E-state index contributed by atoms with van der Waals surface area (Å²) in [7, 11) is 0. The van der Waals surface area contributed by atoms with Gasteiger partial charge in [0.2, 0.25) is 0 Å². The lowest BCUT2D eigenvalue weighted by molar-refractivity contribution is -0.131. The van der Waals surface area contributed by atoms with E-state index in [-0.39, 0.29) is 17.4 Å². The van der Waals surface area contributed by atoms with Gasteiger partial charge in [0.05, 0.1) is 11.2 Å². The van der Waals surface area contributed by atoms with Crippen LogP contribution in [0.2, 0.25) is 0 Å². The Kier molecular flexibility index (Phi) is 7.87.